The van der Waals surface area contributed by atoms with E-state index in [1.807, 2.05) is 48.5 Å². The Morgan fingerprint density at radius 3 is 2.03 bits per heavy atom. The number of para-hydroxylation sites is 2. The Kier molecular flexibility index (Phi) is 11.8. The standard InChI is InChI=1S/2C27H29N5O4/c1-15-11-17-14-31(15)8-9-32-27(34)19-6-4-5-18(23(19)30-32)24-26(33)28-20-12-16(21-7-2-3-10-35-21)13-22(36-17)25(20)29-24;1-4-6-21(33)16-12-20-25-22(13-16)36-17-11-15(2)31(14-17)9-10-32-27(34)19-8-5-7-18(23(19)30-32)24(29-25)26(28-20)35-3/h4-6,12-13,15,17,21,30H,2-3,7-11,14H2,1H3,(H,28,33);4-5,7-8,12-13,15,17,21,30,33H,1,6,9-11,14H2,2-3H3/t2*15-,17?,21?/m11/s1. The first-order valence-electron chi connectivity index (χ1n) is 25.1. The van der Waals surface area contributed by atoms with Crippen LogP contribution in [0.15, 0.2) is 87.7 Å². The lowest BCUT2D eigenvalue weighted by atomic mass is 10.00. The Bertz CT molecular complexity index is 3610. The van der Waals surface area contributed by atoms with Gasteiger partial charge in [-0.3, -0.25) is 43.7 Å². The number of methoxy groups -OCH3 is 1. The van der Waals surface area contributed by atoms with Gasteiger partial charge in [0.25, 0.3) is 16.7 Å². The van der Waals surface area contributed by atoms with E-state index in [0.717, 1.165) is 76.0 Å². The second kappa shape index (κ2) is 18.5. The first-order valence-corrected chi connectivity index (χ1v) is 25.1. The summed E-state index contributed by atoms with van der Waals surface area (Å²) in [5.41, 5.74) is 7.10. The molecule has 72 heavy (non-hydrogen) atoms. The predicted molar refractivity (Wildman–Crippen MR) is 274 cm³/mol. The van der Waals surface area contributed by atoms with E-state index in [1.54, 1.807) is 34.7 Å². The van der Waals surface area contributed by atoms with Gasteiger partial charge in [0, 0.05) is 68.8 Å². The first kappa shape index (κ1) is 46.0. The molecule has 4 N–H and O–H groups in total. The highest BCUT2D eigenvalue weighted by atomic mass is 16.5. The number of aromatic nitrogens is 8. The third-order valence-corrected chi connectivity index (χ3v) is 15.3. The molecule has 18 heteroatoms. The Balaban J connectivity index is 0.000000147. The van der Waals surface area contributed by atoms with Gasteiger partial charge in [-0.2, -0.15) is 0 Å². The van der Waals surface area contributed by atoms with Crippen LogP contribution < -0.4 is 30.9 Å². The summed E-state index contributed by atoms with van der Waals surface area (Å²) in [5, 5.41) is 18.4. The van der Waals surface area contributed by atoms with Crippen molar-refractivity contribution in [3.8, 4) is 39.9 Å². The highest BCUT2D eigenvalue weighted by Gasteiger charge is 2.34. The number of rotatable bonds is 5. The SMILES string of the molecule is C=CCC(O)c1cc2c3nc(c(OC)nc3c1)-c1cccc3c(=O)n([nH]c13)CCN1CC(C[C@H]1C)O2.C[C@@H]1CC2CN1CCn1[nH]c3c(cccc3c1=O)-c1nc3c(cc(C4CCCCO4)cc3[nH]c1=O)O2. The van der Waals surface area contributed by atoms with Gasteiger partial charge in [0.2, 0.25) is 5.88 Å². The Morgan fingerprint density at radius 1 is 0.792 bits per heavy atom. The molecule has 0 radical (unpaired) electrons. The molecule has 6 unspecified atom stereocenters. The second-order valence-electron chi connectivity index (χ2n) is 19.9. The van der Waals surface area contributed by atoms with Crippen molar-refractivity contribution < 1.29 is 24.1 Å². The maximum absolute atomic E-state index is 13.3. The predicted octanol–water partition coefficient (Wildman–Crippen LogP) is 6.74. The van der Waals surface area contributed by atoms with Gasteiger partial charge in [-0.1, -0.05) is 30.3 Å². The van der Waals surface area contributed by atoms with Crippen LogP contribution in [0.5, 0.6) is 17.4 Å². The maximum Gasteiger partial charge on any atom is 0.275 e. The summed E-state index contributed by atoms with van der Waals surface area (Å²) in [5.74, 6) is 1.58. The van der Waals surface area contributed by atoms with Crippen molar-refractivity contribution in [1.29, 1.82) is 0 Å². The van der Waals surface area contributed by atoms with Crippen LogP contribution in [0.2, 0.25) is 0 Å². The van der Waals surface area contributed by atoms with Crippen molar-refractivity contribution in [3.63, 3.8) is 0 Å². The van der Waals surface area contributed by atoms with E-state index in [1.165, 1.54) is 0 Å². The average molecular weight is 975 g/mol. The van der Waals surface area contributed by atoms with Crippen LogP contribution >= 0.6 is 0 Å². The lowest BCUT2D eigenvalue weighted by Gasteiger charge is -2.24. The molecule has 5 aliphatic heterocycles. The van der Waals surface area contributed by atoms with E-state index in [-0.39, 0.29) is 40.7 Å². The zero-order valence-electron chi connectivity index (χ0n) is 40.6. The van der Waals surface area contributed by atoms with Crippen molar-refractivity contribution >= 4 is 43.9 Å². The summed E-state index contributed by atoms with van der Waals surface area (Å²) in [6.45, 7) is 12.9. The first-order chi connectivity index (χ1) is 35.0. The summed E-state index contributed by atoms with van der Waals surface area (Å²) in [7, 11) is 1.55. The quantitative estimate of drug-likeness (QED) is 0.132. The lowest BCUT2D eigenvalue weighted by Crippen LogP contribution is -2.33. The van der Waals surface area contributed by atoms with Gasteiger partial charge < -0.3 is 29.0 Å². The van der Waals surface area contributed by atoms with Crippen LogP contribution in [0.25, 0.3) is 66.4 Å². The van der Waals surface area contributed by atoms with Crippen LogP contribution in [0.1, 0.15) is 75.7 Å². The molecule has 0 aliphatic carbocycles. The van der Waals surface area contributed by atoms with Crippen LogP contribution in [-0.2, 0) is 17.8 Å². The number of H-pyrrole nitrogens is 3. The van der Waals surface area contributed by atoms with Gasteiger partial charge in [0.05, 0.1) is 65.2 Å². The summed E-state index contributed by atoms with van der Waals surface area (Å²) in [6, 6.07) is 19.3. The summed E-state index contributed by atoms with van der Waals surface area (Å²) in [6.07, 6.45) is 6.15. The molecular weight excluding hydrogens is 917 g/mol. The molecule has 8 atom stereocenters. The minimum atomic E-state index is -0.732. The number of aliphatic hydroxyl groups is 1. The minimum Gasteiger partial charge on any atom is -0.487 e. The number of hydrogen-bond acceptors (Lipinski definition) is 13. The topological polar surface area (TPSA) is 211 Å². The van der Waals surface area contributed by atoms with Gasteiger partial charge in [-0.25, -0.2) is 15.0 Å². The number of hydrogen-bond donors (Lipinski definition) is 4. The number of ether oxygens (including phenoxy) is 4. The van der Waals surface area contributed by atoms with E-state index >= 15 is 0 Å². The molecule has 8 aromatic rings. The van der Waals surface area contributed by atoms with Crippen molar-refractivity contribution in [2.45, 2.75) is 102 Å². The van der Waals surface area contributed by atoms with Gasteiger partial charge in [-0.05, 0) is 87.1 Å². The van der Waals surface area contributed by atoms with Crippen LogP contribution in [-0.4, -0.2) is 119 Å². The third-order valence-electron chi connectivity index (χ3n) is 15.3. The van der Waals surface area contributed by atoms with E-state index in [2.05, 4.69) is 45.4 Å². The lowest BCUT2D eigenvalue weighted by molar-refractivity contribution is 0.0148. The third kappa shape index (κ3) is 8.15. The number of aromatic amines is 3. The minimum absolute atomic E-state index is 0.00955. The van der Waals surface area contributed by atoms with Gasteiger partial charge in [0.1, 0.15) is 46.1 Å². The van der Waals surface area contributed by atoms with Crippen LogP contribution in [0.3, 0.4) is 0 Å². The summed E-state index contributed by atoms with van der Waals surface area (Å²) < 4.78 is 28.2. The van der Waals surface area contributed by atoms with Crippen LogP contribution in [0, 0.1) is 0 Å². The Labute approximate surface area is 413 Å². The maximum atomic E-state index is 13.3. The molecule has 3 saturated heterocycles. The zero-order valence-corrected chi connectivity index (χ0v) is 40.6. The molecule has 4 aromatic heterocycles. The largest absolute Gasteiger partial charge is 0.487 e. The molecule has 13 rings (SSSR count). The molecule has 372 valence electrons. The van der Waals surface area contributed by atoms with Gasteiger partial charge >= 0.3 is 0 Å². The van der Waals surface area contributed by atoms with Crippen molar-refractivity contribution in [2.24, 2.45) is 0 Å². The zero-order chi connectivity index (χ0) is 49.4. The number of aliphatic hydroxyl groups excluding tert-OH is 1. The number of fused-ring (bicyclic) bond motifs is 10. The van der Waals surface area contributed by atoms with E-state index in [9.17, 15) is 19.5 Å². The molecule has 18 nitrogen and oxygen atoms in total. The van der Waals surface area contributed by atoms with Crippen molar-refractivity contribution in [1.82, 2.24) is 49.3 Å². The van der Waals surface area contributed by atoms with Crippen LogP contribution in [0.4, 0.5) is 0 Å². The van der Waals surface area contributed by atoms with Gasteiger partial charge in [-0.15, -0.1) is 6.58 Å². The molecule has 0 saturated carbocycles. The monoisotopic (exact) mass is 974 g/mol. The summed E-state index contributed by atoms with van der Waals surface area (Å²) in [4.78, 5) is 62.0. The normalized spacial score (nSPS) is 24.0. The van der Waals surface area contributed by atoms with E-state index in [0.29, 0.717) is 110 Å². The smallest absolute Gasteiger partial charge is 0.275 e. The molecule has 12 bridgehead atoms. The van der Waals surface area contributed by atoms with Crippen molar-refractivity contribution in [3.05, 3.63) is 116 Å². The average Bonchev–Trinajstić information content (AvgIpc) is 4.12. The molecule has 0 spiro atoms. The Morgan fingerprint density at radius 2 is 1.42 bits per heavy atom. The highest BCUT2D eigenvalue weighted by molar-refractivity contribution is 5.96. The molecule has 0 amide bonds. The Hall–Kier alpha value is -7.12. The molecule has 9 heterocycles. The number of nitrogens with one attached hydrogen (secondary N) is 3. The summed E-state index contributed by atoms with van der Waals surface area (Å²) >= 11 is 0. The fraction of sp³-hybridized carbons (Fsp3) is 0.407. The molecular formula is C54H58N10O8. The second-order valence-corrected chi connectivity index (χ2v) is 19.9. The van der Waals surface area contributed by atoms with E-state index < -0.39 is 6.10 Å². The molecule has 5 aliphatic rings. The highest BCUT2D eigenvalue weighted by Crippen LogP contribution is 2.39. The fourth-order valence-corrected chi connectivity index (χ4v) is 11.4. The van der Waals surface area contributed by atoms with Gasteiger partial charge in [0.15, 0.2) is 0 Å². The fourth-order valence-electron chi connectivity index (χ4n) is 11.4. The van der Waals surface area contributed by atoms with E-state index in [4.69, 9.17) is 33.9 Å². The molecule has 4 aromatic carbocycles. The molecule has 3 fully saturated rings. The number of benzene rings is 4. The van der Waals surface area contributed by atoms with Crippen molar-refractivity contribution in [2.75, 3.05) is 39.9 Å². The number of nitrogens with zero attached hydrogens (tertiary/aromatic N) is 7.